The van der Waals surface area contributed by atoms with Gasteiger partial charge in [0.2, 0.25) is 11.8 Å². The van der Waals surface area contributed by atoms with Gasteiger partial charge in [0, 0.05) is 14.1 Å². The molecule has 1 aromatic rings. The minimum Gasteiger partial charge on any atom is -0.348 e. The summed E-state index contributed by atoms with van der Waals surface area (Å²) in [6.45, 7) is 2.38. The van der Waals surface area contributed by atoms with Crippen molar-refractivity contribution in [1.29, 1.82) is 0 Å². The number of carbonyl (C=O) groups is 2. The molecule has 0 aliphatic heterocycles. The van der Waals surface area contributed by atoms with Crippen LogP contribution in [0.4, 0.5) is 0 Å². The van der Waals surface area contributed by atoms with Crippen LogP contribution in [0.3, 0.4) is 0 Å². The van der Waals surface area contributed by atoms with Crippen LogP contribution in [0, 0.1) is 0 Å². The maximum atomic E-state index is 11.9. The topological polar surface area (TPSA) is 52.7 Å². The second kappa shape index (κ2) is 7.65. The number of hydrogen-bond acceptors (Lipinski definition) is 3. The lowest BCUT2D eigenvalue weighted by molar-refractivity contribution is -0.130. The quantitative estimate of drug-likeness (QED) is 0.840. The van der Waals surface area contributed by atoms with E-state index in [0.29, 0.717) is 0 Å². The monoisotopic (exact) mass is 277 g/mol. The van der Waals surface area contributed by atoms with Gasteiger partial charge in [0.25, 0.3) is 0 Å². The Kier molecular flexibility index (Phi) is 6.18. The zero-order valence-electron chi connectivity index (χ0n) is 12.6. The van der Waals surface area contributed by atoms with Gasteiger partial charge in [0.1, 0.15) is 0 Å². The molecule has 2 amide bonds. The SMILES string of the molecule is CC(NC(=O)CN(C)CC(=O)N(C)C)c1ccccc1. The first-order chi connectivity index (χ1) is 9.40. The van der Waals surface area contributed by atoms with E-state index >= 15 is 0 Å². The van der Waals surface area contributed by atoms with Crippen LogP contribution < -0.4 is 5.32 Å². The average molecular weight is 277 g/mol. The molecule has 0 aliphatic carbocycles. The van der Waals surface area contributed by atoms with Crippen LogP contribution in [-0.2, 0) is 9.59 Å². The maximum Gasteiger partial charge on any atom is 0.236 e. The van der Waals surface area contributed by atoms with Crippen molar-refractivity contribution in [1.82, 2.24) is 15.1 Å². The summed E-state index contributed by atoms with van der Waals surface area (Å²) in [5.74, 6) is -0.105. The standard InChI is InChI=1S/C15H23N3O2/c1-12(13-8-6-5-7-9-13)16-14(19)10-18(4)11-15(20)17(2)3/h5-9,12H,10-11H2,1-4H3,(H,16,19). The molecule has 1 rings (SSSR count). The van der Waals surface area contributed by atoms with E-state index in [9.17, 15) is 9.59 Å². The fraction of sp³-hybridized carbons (Fsp3) is 0.467. The zero-order valence-corrected chi connectivity index (χ0v) is 12.6. The van der Waals surface area contributed by atoms with Crippen LogP contribution in [0.1, 0.15) is 18.5 Å². The van der Waals surface area contributed by atoms with Crippen molar-refractivity contribution in [2.45, 2.75) is 13.0 Å². The molecule has 0 fully saturated rings. The summed E-state index contributed by atoms with van der Waals surface area (Å²) in [6.07, 6.45) is 0. The Morgan fingerprint density at radius 2 is 1.70 bits per heavy atom. The number of likely N-dealkylation sites (N-methyl/N-ethyl adjacent to an activating group) is 2. The smallest absolute Gasteiger partial charge is 0.236 e. The molecule has 0 aromatic heterocycles. The highest BCUT2D eigenvalue weighted by molar-refractivity contribution is 5.81. The molecule has 110 valence electrons. The summed E-state index contributed by atoms with van der Waals surface area (Å²) in [6, 6.07) is 9.74. The van der Waals surface area contributed by atoms with Crippen LogP contribution in [-0.4, -0.2) is 55.8 Å². The Labute approximate surface area is 120 Å². The van der Waals surface area contributed by atoms with Gasteiger partial charge < -0.3 is 10.2 Å². The van der Waals surface area contributed by atoms with E-state index in [2.05, 4.69) is 5.32 Å². The van der Waals surface area contributed by atoms with E-state index in [-0.39, 0.29) is 30.9 Å². The largest absolute Gasteiger partial charge is 0.348 e. The Balaban J connectivity index is 2.42. The first kappa shape index (κ1) is 16.2. The highest BCUT2D eigenvalue weighted by Gasteiger charge is 2.14. The number of nitrogens with zero attached hydrogens (tertiary/aromatic N) is 2. The van der Waals surface area contributed by atoms with E-state index in [4.69, 9.17) is 0 Å². The van der Waals surface area contributed by atoms with Crippen molar-refractivity contribution in [2.24, 2.45) is 0 Å². The molecular formula is C15H23N3O2. The molecule has 1 aromatic carbocycles. The summed E-state index contributed by atoms with van der Waals surface area (Å²) in [4.78, 5) is 26.7. The lowest BCUT2D eigenvalue weighted by Gasteiger charge is -2.20. The lowest BCUT2D eigenvalue weighted by atomic mass is 10.1. The molecular weight excluding hydrogens is 254 g/mol. The van der Waals surface area contributed by atoms with Gasteiger partial charge in [-0.1, -0.05) is 30.3 Å². The van der Waals surface area contributed by atoms with Crippen LogP contribution >= 0.6 is 0 Å². The third-order valence-electron chi connectivity index (χ3n) is 2.99. The van der Waals surface area contributed by atoms with Crippen LogP contribution in [0.25, 0.3) is 0 Å². The average Bonchev–Trinajstić information content (AvgIpc) is 2.39. The number of rotatable bonds is 6. The molecule has 0 radical (unpaired) electrons. The minimum atomic E-state index is -0.0876. The normalized spacial score (nSPS) is 12.1. The number of carbonyl (C=O) groups excluding carboxylic acids is 2. The molecule has 1 N–H and O–H groups in total. The van der Waals surface area contributed by atoms with Crippen LogP contribution in [0.15, 0.2) is 30.3 Å². The van der Waals surface area contributed by atoms with Gasteiger partial charge in [-0.25, -0.2) is 0 Å². The molecule has 20 heavy (non-hydrogen) atoms. The summed E-state index contributed by atoms with van der Waals surface area (Å²) in [5.41, 5.74) is 1.06. The lowest BCUT2D eigenvalue weighted by Crippen LogP contribution is -2.41. The van der Waals surface area contributed by atoms with E-state index in [1.165, 1.54) is 4.90 Å². The Hall–Kier alpha value is -1.88. The third-order valence-corrected chi connectivity index (χ3v) is 2.99. The van der Waals surface area contributed by atoms with E-state index in [1.807, 2.05) is 37.3 Å². The first-order valence-electron chi connectivity index (χ1n) is 6.63. The minimum absolute atomic E-state index is 0.0172. The van der Waals surface area contributed by atoms with Crippen molar-refractivity contribution in [3.05, 3.63) is 35.9 Å². The molecule has 5 nitrogen and oxygen atoms in total. The van der Waals surface area contributed by atoms with Gasteiger partial charge in [-0.15, -0.1) is 0 Å². The third kappa shape index (κ3) is 5.40. The Bertz CT molecular complexity index is 446. The predicted octanol–water partition coefficient (Wildman–Crippen LogP) is 0.884. The molecule has 0 aliphatic rings. The molecule has 0 bridgehead atoms. The van der Waals surface area contributed by atoms with Crippen molar-refractivity contribution in [2.75, 3.05) is 34.2 Å². The van der Waals surface area contributed by atoms with Crippen molar-refractivity contribution >= 4 is 11.8 Å². The molecule has 0 saturated heterocycles. The molecule has 0 heterocycles. The highest BCUT2D eigenvalue weighted by atomic mass is 16.2. The zero-order chi connectivity index (χ0) is 15.1. The van der Waals surface area contributed by atoms with Gasteiger partial charge in [0.15, 0.2) is 0 Å². The fourth-order valence-corrected chi connectivity index (χ4v) is 1.79. The predicted molar refractivity (Wildman–Crippen MR) is 79.2 cm³/mol. The Morgan fingerprint density at radius 3 is 2.25 bits per heavy atom. The number of hydrogen-bond donors (Lipinski definition) is 1. The maximum absolute atomic E-state index is 11.9. The first-order valence-corrected chi connectivity index (χ1v) is 6.63. The number of benzene rings is 1. The number of amides is 2. The van der Waals surface area contributed by atoms with Crippen molar-refractivity contribution < 1.29 is 9.59 Å². The summed E-state index contributed by atoms with van der Waals surface area (Å²) in [5, 5.41) is 2.92. The summed E-state index contributed by atoms with van der Waals surface area (Å²) >= 11 is 0. The molecule has 0 spiro atoms. The fourth-order valence-electron chi connectivity index (χ4n) is 1.79. The van der Waals surface area contributed by atoms with E-state index < -0.39 is 0 Å². The number of nitrogens with one attached hydrogen (secondary N) is 1. The molecule has 1 atom stereocenters. The van der Waals surface area contributed by atoms with Gasteiger partial charge in [-0.2, -0.15) is 0 Å². The molecule has 5 heteroatoms. The van der Waals surface area contributed by atoms with Crippen LogP contribution in [0.5, 0.6) is 0 Å². The highest BCUT2D eigenvalue weighted by Crippen LogP contribution is 2.10. The summed E-state index contributed by atoms with van der Waals surface area (Å²) in [7, 11) is 5.16. The van der Waals surface area contributed by atoms with Gasteiger partial charge in [0.05, 0.1) is 19.1 Å². The molecule has 1 unspecified atom stereocenters. The molecule has 0 saturated carbocycles. The van der Waals surface area contributed by atoms with E-state index in [0.717, 1.165) is 5.56 Å². The van der Waals surface area contributed by atoms with Gasteiger partial charge >= 0.3 is 0 Å². The van der Waals surface area contributed by atoms with Crippen molar-refractivity contribution in [3.63, 3.8) is 0 Å². The second-order valence-corrected chi connectivity index (χ2v) is 5.16. The van der Waals surface area contributed by atoms with Gasteiger partial charge in [-0.05, 0) is 19.5 Å². The van der Waals surface area contributed by atoms with E-state index in [1.54, 1.807) is 26.0 Å². The van der Waals surface area contributed by atoms with Gasteiger partial charge in [-0.3, -0.25) is 14.5 Å². The Morgan fingerprint density at radius 1 is 1.10 bits per heavy atom. The second-order valence-electron chi connectivity index (χ2n) is 5.16. The van der Waals surface area contributed by atoms with Crippen molar-refractivity contribution in [3.8, 4) is 0 Å². The van der Waals surface area contributed by atoms with Crippen LogP contribution in [0.2, 0.25) is 0 Å². The summed E-state index contributed by atoms with van der Waals surface area (Å²) < 4.78 is 0.